The fourth-order valence-corrected chi connectivity index (χ4v) is 2.58. The first-order valence-corrected chi connectivity index (χ1v) is 8.28. The highest BCUT2D eigenvalue weighted by Crippen LogP contribution is 2.20. The Kier molecular flexibility index (Phi) is 6.33. The van der Waals surface area contributed by atoms with Crippen LogP contribution in [0.5, 0.6) is 0 Å². The third-order valence-electron chi connectivity index (χ3n) is 3.43. The highest BCUT2D eigenvalue weighted by Gasteiger charge is 2.20. The molecule has 0 aliphatic carbocycles. The standard InChI is InChI=1S/C15H21BrN4O2/c1-2-4-18-12-9-13(19-10-11(12)14(16)17)15(21)20-5-3-7-22-8-6-20/h9-10,17H,2-8H2,1H3,(H,18,19). The van der Waals surface area contributed by atoms with Crippen molar-refractivity contribution in [1.82, 2.24) is 9.88 Å². The number of anilines is 1. The molecule has 1 aromatic rings. The van der Waals surface area contributed by atoms with Gasteiger partial charge in [-0.2, -0.15) is 0 Å². The van der Waals surface area contributed by atoms with E-state index in [1.54, 1.807) is 17.2 Å². The van der Waals surface area contributed by atoms with Gasteiger partial charge in [-0.05, 0) is 34.8 Å². The molecule has 0 aromatic carbocycles. The van der Waals surface area contributed by atoms with Crippen molar-refractivity contribution in [1.29, 1.82) is 5.41 Å². The molecule has 6 nitrogen and oxygen atoms in total. The van der Waals surface area contributed by atoms with Crippen LogP contribution in [-0.4, -0.2) is 53.3 Å². The van der Waals surface area contributed by atoms with Crippen LogP contribution in [0.3, 0.4) is 0 Å². The topological polar surface area (TPSA) is 78.3 Å². The van der Waals surface area contributed by atoms with Crippen molar-refractivity contribution < 1.29 is 9.53 Å². The SMILES string of the molecule is CCCNc1cc(C(=O)N2CCCOCC2)ncc1C(=N)Br. The van der Waals surface area contributed by atoms with E-state index < -0.39 is 0 Å². The molecule has 0 unspecified atom stereocenters. The number of halogens is 1. The first-order chi connectivity index (χ1) is 10.6. The van der Waals surface area contributed by atoms with Crippen LogP contribution >= 0.6 is 15.9 Å². The minimum atomic E-state index is -0.0855. The molecular formula is C15H21BrN4O2. The second-order valence-corrected chi connectivity index (χ2v) is 5.91. The van der Waals surface area contributed by atoms with Crippen LogP contribution in [0.2, 0.25) is 0 Å². The maximum Gasteiger partial charge on any atom is 0.272 e. The zero-order valence-electron chi connectivity index (χ0n) is 12.7. The Hall–Kier alpha value is -1.47. The van der Waals surface area contributed by atoms with Crippen LogP contribution in [0, 0.1) is 5.41 Å². The van der Waals surface area contributed by atoms with Gasteiger partial charge in [0, 0.05) is 43.7 Å². The average molecular weight is 369 g/mol. The van der Waals surface area contributed by atoms with Crippen molar-refractivity contribution in [2.75, 3.05) is 38.2 Å². The van der Waals surface area contributed by atoms with Crippen molar-refractivity contribution in [3.05, 3.63) is 23.5 Å². The number of ether oxygens (including phenoxy) is 1. The largest absolute Gasteiger partial charge is 0.384 e. The highest BCUT2D eigenvalue weighted by molar-refractivity contribution is 9.18. The molecular weight excluding hydrogens is 348 g/mol. The van der Waals surface area contributed by atoms with Crippen molar-refractivity contribution in [2.24, 2.45) is 0 Å². The van der Waals surface area contributed by atoms with Crippen molar-refractivity contribution in [2.45, 2.75) is 19.8 Å². The highest BCUT2D eigenvalue weighted by atomic mass is 79.9. The number of nitrogens with zero attached hydrogens (tertiary/aromatic N) is 2. The number of aromatic nitrogens is 1. The second kappa shape index (κ2) is 8.24. The molecule has 0 radical (unpaired) electrons. The van der Waals surface area contributed by atoms with Gasteiger partial charge in [-0.15, -0.1) is 0 Å². The molecule has 7 heteroatoms. The molecule has 1 amide bonds. The lowest BCUT2D eigenvalue weighted by molar-refractivity contribution is 0.0735. The Balaban J connectivity index is 2.22. The third-order valence-corrected chi connectivity index (χ3v) is 3.86. The van der Waals surface area contributed by atoms with Gasteiger partial charge in [0.25, 0.3) is 5.91 Å². The number of amides is 1. The molecule has 2 heterocycles. The normalized spacial score (nSPS) is 15.3. The van der Waals surface area contributed by atoms with Crippen LogP contribution in [0.15, 0.2) is 12.3 Å². The van der Waals surface area contributed by atoms with E-state index in [0.29, 0.717) is 37.6 Å². The van der Waals surface area contributed by atoms with E-state index in [1.807, 2.05) is 0 Å². The lowest BCUT2D eigenvalue weighted by Crippen LogP contribution is -2.33. The molecule has 0 saturated carbocycles. The first-order valence-electron chi connectivity index (χ1n) is 7.49. The summed E-state index contributed by atoms with van der Waals surface area (Å²) in [6, 6.07) is 1.73. The molecule has 22 heavy (non-hydrogen) atoms. The van der Waals surface area contributed by atoms with E-state index in [9.17, 15) is 4.79 Å². The summed E-state index contributed by atoms with van der Waals surface area (Å²) in [6.07, 6.45) is 3.37. The van der Waals surface area contributed by atoms with Crippen molar-refractivity contribution in [3.63, 3.8) is 0 Å². The van der Waals surface area contributed by atoms with Crippen molar-refractivity contribution >= 4 is 32.1 Å². The first kappa shape index (κ1) is 16.9. The monoisotopic (exact) mass is 368 g/mol. The van der Waals surface area contributed by atoms with Crippen LogP contribution in [0.25, 0.3) is 0 Å². The fraction of sp³-hybridized carbons (Fsp3) is 0.533. The number of rotatable bonds is 5. The summed E-state index contributed by atoms with van der Waals surface area (Å²) >= 11 is 3.17. The smallest absolute Gasteiger partial charge is 0.272 e. The van der Waals surface area contributed by atoms with Gasteiger partial charge < -0.3 is 15.0 Å². The second-order valence-electron chi connectivity index (χ2n) is 5.11. The Morgan fingerprint density at radius 3 is 3.05 bits per heavy atom. The number of carbonyl (C=O) groups is 1. The van der Waals surface area contributed by atoms with E-state index in [0.717, 1.165) is 25.1 Å². The lowest BCUT2D eigenvalue weighted by Gasteiger charge is -2.20. The van der Waals surface area contributed by atoms with Gasteiger partial charge in [0.05, 0.1) is 6.61 Å². The maximum atomic E-state index is 12.6. The predicted octanol–water partition coefficient (Wildman–Crippen LogP) is 2.49. The molecule has 2 rings (SSSR count). The number of carbonyl (C=O) groups excluding carboxylic acids is 1. The number of hydrogen-bond donors (Lipinski definition) is 2. The van der Waals surface area contributed by atoms with E-state index >= 15 is 0 Å². The van der Waals surface area contributed by atoms with Crippen LogP contribution in [-0.2, 0) is 4.74 Å². The zero-order valence-corrected chi connectivity index (χ0v) is 14.3. The molecule has 1 aromatic heterocycles. The van der Waals surface area contributed by atoms with Crippen LogP contribution in [0.4, 0.5) is 5.69 Å². The van der Waals surface area contributed by atoms with E-state index in [2.05, 4.69) is 33.2 Å². The third kappa shape index (κ3) is 4.27. The predicted molar refractivity (Wildman–Crippen MR) is 90.1 cm³/mol. The summed E-state index contributed by atoms with van der Waals surface area (Å²) in [5.41, 5.74) is 1.82. The van der Waals surface area contributed by atoms with Gasteiger partial charge in [-0.25, -0.2) is 0 Å². The summed E-state index contributed by atoms with van der Waals surface area (Å²) in [6.45, 7) is 5.39. The summed E-state index contributed by atoms with van der Waals surface area (Å²) in [7, 11) is 0. The lowest BCUT2D eigenvalue weighted by atomic mass is 10.2. The van der Waals surface area contributed by atoms with Crippen molar-refractivity contribution in [3.8, 4) is 0 Å². The van der Waals surface area contributed by atoms with Gasteiger partial charge >= 0.3 is 0 Å². The quantitative estimate of drug-likeness (QED) is 0.782. The number of pyridine rings is 1. The molecule has 0 bridgehead atoms. The Bertz CT molecular complexity index is 542. The Morgan fingerprint density at radius 2 is 2.32 bits per heavy atom. The van der Waals surface area contributed by atoms with E-state index in [1.165, 1.54) is 0 Å². The van der Waals surface area contributed by atoms with Gasteiger partial charge in [0.2, 0.25) is 0 Å². The summed E-state index contributed by atoms with van der Waals surface area (Å²) in [4.78, 5) is 18.6. The van der Waals surface area contributed by atoms with Crippen LogP contribution in [0.1, 0.15) is 35.8 Å². The molecule has 1 fully saturated rings. The molecule has 1 aliphatic rings. The molecule has 1 saturated heterocycles. The summed E-state index contributed by atoms with van der Waals surface area (Å²) in [5.74, 6) is -0.0855. The van der Waals surface area contributed by atoms with Gasteiger partial charge in [0.1, 0.15) is 10.3 Å². The van der Waals surface area contributed by atoms with Crippen LogP contribution < -0.4 is 5.32 Å². The van der Waals surface area contributed by atoms with Gasteiger partial charge in [-0.1, -0.05) is 6.92 Å². The average Bonchev–Trinajstić information content (AvgIpc) is 2.81. The van der Waals surface area contributed by atoms with Gasteiger partial charge in [0.15, 0.2) is 0 Å². The minimum absolute atomic E-state index is 0.0855. The molecule has 0 atom stereocenters. The number of hydrogen-bond acceptors (Lipinski definition) is 5. The molecule has 2 N–H and O–H groups in total. The Labute approximate surface area is 138 Å². The summed E-state index contributed by atoms with van der Waals surface area (Å²) < 4.78 is 5.63. The van der Waals surface area contributed by atoms with E-state index in [4.69, 9.17) is 10.1 Å². The molecule has 120 valence electrons. The molecule has 1 aliphatic heterocycles. The number of nitrogens with one attached hydrogen (secondary N) is 2. The molecule has 0 spiro atoms. The van der Waals surface area contributed by atoms with E-state index in [-0.39, 0.29) is 10.5 Å². The maximum absolute atomic E-state index is 12.6. The fourth-order valence-electron chi connectivity index (χ4n) is 2.26. The zero-order chi connectivity index (χ0) is 15.9. The minimum Gasteiger partial charge on any atom is -0.384 e. The summed E-state index contributed by atoms with van der Waals surface area (Å²) in [5, 5.41) is 11.0. The Morgan fingerprint density at radius 1 is 1.50 bits per heavy atom. The van der Waals surface area contributed by atoms with Gasteiger partial charge in [-0.3, -0.25) is 15.2 Å².